The number of carbonyl (C=O) groups is 1. The summed E-state index contributed by atoms with van der Waals surface area (Å²) in [5.41, 5.74) is 2.97. The van der Waals surface area contributed by atoms with Gasteiger partial charge < -0.3 is 20.3 Å². The van der Waals surface area contributed by atoms with E-state index in [1.807, 2.05) is 57.6 Å². The van der Waals surface area contributed by atoms with Crippen LogP contribution in [0.5, 0.6) is 0 Å². The lowest BCUT2D eigenvalue weighted by atomic mass is 10.1. The molecule has 1 aliphatic heterocycles. The number of morpholine rings is 1. The number of ether oxygens (including phenoxy) is 1. The van der Waals surface area contributed by atoms with Crippen LogP contribution in [0, 0.1) is 5.92 Å². The number of hydrogen-bond acceptors (Lipinski definition) is 4. The van der Waals surface area contributed by atoms with Crippen molar-refractivity contribution in [3.8, 4) is 0 Å². The molecule has 1 aliphatic rings. The number of rotatable bonds is 6. The molecule has 0 aliphatic carbocycles. The summed E-state index contributed by atoms with van der Waals surface area (Å²) in [6, 6.07) is 7.90. The number of hydrogen-bond donors (Lipinski definition) is 2. The molecule has 162 valence electrons. The van der Waals surface area contributed by atoms with Gasteiger partial charge in [0, 0.05) is 51.1 Å². The molecule has 1 aromatic heterocycles. The third-order valence-electron chi connectivity index (χ3n) is 4.93. The molecule has 1 atom stereocenters. The van der Waals surface area contributed by atoms with Gasteiger partial charge in [0.2, 0.25) is 5.91 Å². The van der Waals surface area contributed by atoms with E-state index in [0.717, 1.165) is 35.9 Å². The van der Waals surface area contributed by atoms with Gasteiger partial charge in [-0.25, -0.2) is 0 Å². The van der Waals surface area contributed by atoms with Crippen LogP contribution in [0.4, 0.5) is 5.69 Å². The summed E-state index contributed by atoms with van der Waals surface area (Å²) in [7, 11) is 3.70. The molecular formula is C22H32N6O2. The van der Waals surface area contributed by atoms with Crippen molar-refractivity contribution in [3.63, 3.8) is 0 Å². The minimum absolute atomic E-state index is 0.0227. The van der Waals surface area contributed by atoms with E-state index in [1.165, 1.54) is 0 Å². The molecule has 1 amide bonds. The molecule has 0 saturated carbocycles. The lowest BCUT2D eigenvalue weighted by molar-refractivity contribution is -0.116. The van der Waals surface area contributed by atoms with Gasteiger partial charge in [-0.3, -0.25) is 14.5 Å². The molecule has 0 radical (unpaired) electrons. The molecule has 2 heterocycles. The summed E-state index contributed by atoms with van der Waals surface area (Å²) in [6.45, 7) is 6.83. The highest BCUT2D eigenvalue weighted by Gasteiger charge is 2.25. The zero-order valence-corrected chi connectivity index (χ0v) is 18.3. The quantitative estimate of drug-likeness (QED) is 0.563. The first-order valence-electron chi connectivity index (χ1n) is 10.4. The number of amides is 1. The fraction of sp³-hybridized carbons (Fsp3) is 0.500. The van der Waals surface area contributed by atoms with E-state index in [1.54, 1.807) is 11.7 Å². The fourth-order valence-electron chi connectivity index (χ4n) is 3.50. The zero-order chi connectivity index (χ0) is 21.5. The Morgan fingerprint density at radius 2 is 2.23 bits per heavy atom. The molecule has 0 bridgehead atoms. The third-order valence-corrected chi connectivity index (χ3v) is 4.93. The van der Waals surface area contributed by atoms with Gasteiger partial charge in [-0.05, 0) is 23.6 Å². The molecule has 3 rings (SSSR count). The number of anilines is 1. The Labute approximate surface area is 178 Å². The van der Waals surface area contributed by atoms with Crippen molar-refractivity contribution >= 4 is 17.6 Å². The van der Waals surface area contributed by atoms with E-state index in [2.05, 4.69) is 25.6 Å². The van der Waals surface area contributed by atoms with Crippen molar-refractivity contribution in [2.45, 2.75) is 32.9 Å². The second kappa shape index (κ2) is 10.2. The second-order valence-corrected chi connectivity index (χ2v) is 8.00. The minimum atomic E-state index is -0.0227. The first-order chi connectivity index (χ1) is 14.4. The maximum absolute atomic E-state index is 12.0. The van der Waals surface area contributed by atoms with Crippen molar-refractivity contribution < 1.29 is 9.53 Å². The summed E-state index contributed by atoms with van der Waals surface area (Å²) in [6.07, 6.45) is 4.34. The van der Waals surface area contributed by atoms with Gasteiger partial charge in [0.25, 0.3) is 0 Å². The molecule has 0 spiro atoms. The van der Waals surface area contributed by atoms with Crippen LogP contribution in [-0.4, -0.2) is 53.3 Å². The summed E-state index contributed by atoms with van der Waals surface area (Å²) in [5.74, 6) is 1.21. The average molecular weight is 413 g/mol. The molecular weight excluding hydrogens is 380 g/mol. The number of guanidine groups is 1. The normalized spacial score (nSPS) is 17.3. The average Bonchev–Trinajstić information content (AvgIpc) is 3.15. The highest BCUT2D eigenvalue weighted by molar-refractivity contribution is 5.90. The molecule has 8 heteroatoms. The monoisotopic (exact) mass is 412 g/mol. The van der Waals surface area contributed by atoms with Gasteiger partial charge in [-0.1, -0.05) is 26.0 Å². The van der Waals surface area contributed by atoms with Gasteiger partial charge in [-0.15, -0.1) is 0 Å². The van der Waals surface area contributed by atoms with Crippen LogP contribution in [0.3, 0.4) is 0 Å². The molecule has 1 fully saturated rings. The van der Waals surface area contributed by atoms with E-state index < -0.39 is 0 Å². The SMILES string of the molecule is CN=C(NCc1cccc(NC(=O)CC(C)C)c1)N1CCOC(c2cnn(C)c2)C1. The maximum atomic E-state index is 12.0. The van der Waals surface area contributed by atoms with Gasteiger partial charge in [0.15, 0.2) is 5.96 Å². The molecule has 1 unspecified atom stereocenters. The van der Waals surface area contributed by atoms with Crippen LogP contribution < -0.4 is 10.6 Å². The molecule has 2 N–H and O–H groups in total. The predicted octanol–water partition coefficient (Wildman–Crippen LogP) is 2.55. The van der Waals surface area contributed by atoms with Crippen LogP contribution in [0.2, 0.25) is 0 Å². The summed E-state index contributed by atoms with van der Waals surface area (Å²) in [5, 5.41) is 10.6. The molecule has 30 heavy (non-hydrogen) atoms. The van der Waals surface area contributed by atoms with Gasteiger partial charge in [-0.2, -0.15) is 5.10 Å². The van der Waals surface area contributed by atoms with Crippen molar-refractivity contribution in [2.24, 2.45) is 18.0 Å². The first-order valence-corrected chi connectivity index (χ1v) is 10.4. The Hall–Kier alpha value is -2.87. The number of nitrogens with zero attached hydrogens (tertiary/aromatic N) is 4. The number of nitrogens with one attached hydrogen (secondary N) is 2. The van der Waals surface area contributed by atoms with E-state index in [-0.39, 0.29) is 12.0 Å². The third kappa shape index (κ3) is 6.06. The Kier molecular flexibility index (Phi) is 7.46. The number of carbonyl (C=O) groups excluding carboxylic acids is 1. The molecule has 1 aromatic carbocycles. The molecule has 2 aromatic rings. The number of aromatic nitrogens is 2. The highest BCUT2D eigenvalue weighted by Crippen LogP contribution is 2.21. The van der Waals surface area contributed by atoms with Crippen molar-refractivity contribution in [1.82, 2.24) is 20.0 Å². The topological polar surface area (TPSA) is 83.8 Å². The fourth-order valence-corrected chi connectivity index (χ4v) is 3.50. The minimum Gasteiger partial charge on any atom is -0.370 e. The summed E-state index contributed by atoms with van der Waals surface area (Å²) in [4.78, 5) is 18.7. The maximum Gasteiger partial charge on any atom is 0.224 e. The Morgan fingerprint density at radius 3 is 2.93 bits per heavy atom. The van der Waals surface area contributed by atoms with Crippen LogP contribution in [0.1, 0.15) is 37.5 Å². The van der Waals surface area contributed by atoms with Crippen LogP contribution in [-0.2, 0) is 23.1 Å². The number of benzene rings is 1. The standard InChI is InChI=1S/C22H32N6O2/c1-16(2)10-21(29)26-19-7-5-6-17(11-19)12-24-22(23-3)28-8-9-30-20(15-28)18-13-25-27(4)14-18/h5-7,11,13-14,16,20H,8-10,12,15H2,1-4H3,(H,23,24)(H,26,29). The van der Waals surface area contributed by atoms with Crippen molar-refractivity contribution in [1.29, 1.82) is 0 Å². The molecule has 1 saturated heterocycles. The van der Waals surface area contributed by atoms with Crippen molar-refractivity contribution in [2.75, 3.05) is 32.1 Å². The van der Waals surface area contributed by atoms with Crippen molar-refractivity contribution in [3.05, 3.63) is 47.8 Å². The van der Waals surface area contributed by atoms with Gasteiger partial charge in [0.1, 0.15) is 6.10 Å². The lowest BCUT2D eigenvalue weighted by Crippen LogP contribution is -2.47. The van der Waals surface area contributed by atoms with Crippen LogP contribution >= 0.6 is 0 Å². The Bertz CT molecular complexity index is 876. The summed E-state index contributed by atoms with van der Waals surface area (Å²) >= 11 is 0. The first kappa shape index (κ1) is 21.8. The van der Waals surface area contributed by atoms with Gasteiger partial charge >= 0.3 is 0 Å². The highest BCUT2D eigenvalue weighted by atomic mass is 16.5. The number of aryl methyl sites for hydroxylation is 1. The largest absolute Gasteiger partial charge is 0.370 e. The van der Waals surface area contributed by atoms with Crippen LogP contribution in [0.15, 0.2) is 41.7 Å². The lowest BCUT2D eigenvalue weighted by Gasteiger charge is -2.34. The van der Waals surface area contributed by atoms with E-state index in [9.17, 15) is 4.79 Å². The van der Waals surface area contributed by atoms with E-state index in [0.29, 0.717) is 25.5 Å². The summed E-state index contributed by atoms with van der Waals surface area (Å²) < 4.78 is 7.72. The van der Waals surface area contributed by atoms with E-state index >= 15 is 0 Å². The molecule has 8 nitrogen and oxygen atoms in total. The van der Waals surface area contributed by atoms with Crippen LogP contribution in [0.25, 0.3) is 0 Å². The van der Waals surface area contributed by atoms with Gasteiger partial charge in [0.05, 0.1) is 19.3 Å². The smallest absolute Gasteiger partial charge is 0.224 e. The predicted molar refractivity (Wildman–Crippen MR) is 118 cm³/mol. The van der Waals surface area contributed by atoms with E-state index in [4.69, 9.17) is 4.74 Å². The Morgan fingerprint density at radius 1 is 1.40 bits per heavy atom. The second-order valence-electron chi connectivity index (χ2n) is 8.00. The zero-order valence-electron chi connectivity index (χ0n) is 18.3. The number of aliphatic imine (C=N–C) groups is 1. The Balaban J connectivity index is 1.57.